The van der Waals surface area contributed by atoms with Crippen LogP contribution in [0.3, 0.4) is 0 Å². The molecule has 0 aromatic heterocycles. The smallest absolute Gasteiger partial charge is 0.0658 e. The van der Waals surface area contributed by atoms with Crippen molar-refractivity contribution < 1.29 is 0 Å². The molecule has 0 fully saturated rings. The Kier molecular flexibility index (Phi) is 4.52. The fourth-order valence-electron chi connectivity index (χ4n) is 1.72. The zero-order valence-corrected chi connectivity index (χ0v) is 11.8. The van der Waals surface area contributed by atoms with E-state index in [-0.39, 0.29) is 4.75 Å². The molecule has 0 N–H and O–H groups in total. The predicted molar refractivity (Wildman–Crippen MR) is 80.4 cm³/mol. The minimum absolute atomic E-state index is 0.249. The summed E-state index contributed by atoms with van der Waals surface area (Å²) in [6.45, 7) is 9.90. The van der Waals surface area contributed by atoms with Crippen molar-refractivity contribution in [2.45, 2.75) is 25.5 Å². The van der Waals surface area contributed by atoms with Gasteiger partial charge in [0.05, 0.1) is 11.4 Å². The predicted octanol–water partition coefficient (Wildman–Crippen LogP) is 3.48. The summed E-state index contributed by atoms with van der Waals surface area (Å²) in [4.78, 5) is 8.44. The van der Waals surface area contributed by atoms with Gasteiger partial charge in [-0.15, -0.1) is 0 Å². The first-order chi connectivity index (χ1) is 7.91. The normalized spacial score (nSPS) is 29.6. The highest BCUT2D eigenvalue weighted by Crippen LogP contribution is 2.26. The van der Waals surface area contributed by atoms with Gasteiger partial charge in [-0.05, 0) is 25.6 Å². The molecule has 1 rings (SSSR count). The van der Waals surface area contributed by atoms with E-state index in [0.717, 1.165) is 17.0 Å². The van der Waals surface area contributed by atoms with E-state index in [1.165, 1.54) is 0 Å². The second-order valence-corrected chi connectivity index (χ2v) is 5.58. The number of hydrogen-bond acceptors (Lipinski definition) is 3. The molecule has 0 aromatic rings. The van der Waals surface area contributed by atoms with Crippen LogP contribution >= 0.6 is 12.6 Å². The van der Waals surface area contributed by atoms with E-state index in [2.05, 4.69) is 43.2 Å². The van der Waals surface area contributed by atoms with E-state index < -0.39 is 0 Å². The third-order valence-corrected chi connectivity index (χ3v) is 2.97. The van der Waals surface area contributed by atoms with Crippen molar-refractivity contribution in [3.8, 4) is 0 Å². The van der Waals surface area contributed by atoms with Gasteiger partial charge in [0.2, 0.25) is 0 Å². The number of hydrogen-bond donors (Lipinski definition) is 1. The van der Waals surface area contributed by atoms with E-state index in [4.69, 9.17) is 0 Å². The maximum absolute atomic E-state index is 4.56. The largest absolute Gasteiger partial charge is 0.288 e. The first-order valence-electron chi connectivity index (χ1n) is 5.70. The van der Waals surface area contributed by atoms with Crippen LogP contribution in [-0.2, 0) is 0 Å². The quantitative estimate of drug-likeness (QED) is 0.571. The molecule has 0 aliphatic heterocycles. The molecule has 0 radical (unpaired) electrons. The summed E-state index contributed by atoms with van der Waals surface area (Å²) in [7, 11) is 1.79. The molecule has 1 unspecified atom stereocenters. The van der Waals surface area contributed by atoms with Gasteiger partial charge in [-0.2, -0.15) is 12.6 Å². The Labute approximate surface area is 109 Å². The Morgan fingerprint density at radius 3 is 2.41 bits per heavy atom. The monoisotopic (exact) mass is 248 g/mol. The third kappa shape index (κ3) is 3.43. The molecule has 0 aromatic carbocycles. The lowest BCUT2D eigenvalue weighted by Crippen LogP contribution is -2.06. The van der Waals surface area contributed by atoms with Crippen LogP contribution in [0.2, 0.25) is 0 Å². The topological polar surface area (TPSA) is 24.7 Å². The average molecular weight is 248 g/mol. The van der Waals surface area contributed by atoms with Gasteiger partial charge in [0.1, 0.15) is 0 Å². The molecule has 2 nitrogen and oxygen atoms in total. The minimum atomic E-state index is -0.249. The second-order valence-electron chi connectivity index (χ2n) is 4.61. The first kappa shape index (κ1) is 14.0. The highest BCUT2D eigenvalue weighted by molar-refractivity contribution is 7.82. The van der Waals surface area contributed by atoms with Crippen molar-refractivity contribution in [1.29, 1.82) is 0 Å². The van der Waals surface area contributed by atoms with E-state index in [0.29, 0.717) is 5.92 Å². The molecule has 1 aliphatic rings. The fourth-order valence-corrected chi connectivity index (χ4v) is 1.87. The average Bonchev–Trinajstić information content (AvgIpc) is 2.39. The highest BCUT2D eigenvalue weighted by Gasteiger charge is 2.18. The number of rotatable bonds is 2. The molecular weight excluding hydrogens is 228 g/mol. The van der Waals surface area contributed by atoms with Crippen LogP contribution < -0.4 is 0 Å². The van der Waals surface area contributed by atoms with Crippen molar-refractivity contribution in [2.24, 2.45) is 15.9 Å². The maximum atomic E-state index is 4.56. The summed E-state index contributed by atoms with van der Waals surface area (Å²) in [6.07, 6.45) is 8.12. The molecule has 0 saturated carbocycles. The Morgan fingerprint density at radius 2 is 1.94 bits per heavy atom. The first-order valence-corrected chi connectivity index (χ1v) is 6.15. The van der Waals surface area contributed by atoms with E-state index in [1.54, 1.807) is 7.05 Å². The molecule has 0 saturated heterocycles. The Hall–Kier alpha value is -1.09. The van der Waals surface area contributed by atoms with Gasteiger partial charge in [0.25, 0.3) is 0 Å². The van der Waals surface area contributed by atoms with Gasteiger partial charge in [-0.3, -0.25) is 9.98 Å². The number of nitrogens with zero attached hydrogens (tertiary/aromatic N) is 2. The summed E-state index contributed by atoms with van der Waals surface area (Å²) in [5.41, 5.74) is 2.93. The summed E-state index contributed by atoms with van der Waals surface area (Å²) >= 11 is 4.56. The van der Waals surface area contributed by atoms with Gasteiger partial charge >= 0.3 is 0 Å². The fraction of sp³-hybridized carbons (Fsp3) is 0.429. The molecule has 92 valence electrons. The number of allylic oxidation sites excluding steroid dienone is 4. The lowest BCUT2D eigenvalue weighted by Gasteiger charge is -2.11. The van der Waals surface area contributed by atoms with Crippen LogP contribution in [0, 0.1) is 5.92 Å². The molecule has 17 heavy (non-hydrogen) atoms. The van der Waals surface area contributed by atoms with Gasteiger partial charge in [-0.1, -0.05) is 32.1 Å². The van der Waals surface area contributed by atoms with Gasteiger partial charge in [-0.25, -0.2) is 0 Å². The minimum Gasteiger partial charge on any atom is -0.288 e. The van der Waals surface area contributed by atoms with Gasteiger partial charge in [0.15, 0.2) is 0 Å². The molecule has 0 bridgehead atoms. The molecule has 0 heterocycles. The summed E-state index contributed by atoms with van der Waals surface area (Å²) in [5.74, 6) is 0.321. The van der Waals surface area contributed by atoms with Crippen LogP contribution in [0.25, 0.3) is 0 Å². The molecule has 1 aliphatic carbocycles. The second kappa shape index (κ2) is 5.50. The molecular formula is C14H20N2S. The van der Waals surface area contributed by atoms with Crippen LogP contribution in [0.1, 0.15) is 20.8 Å². The summed E-state index contributed by atoms with van der Waals surface area (Å²) in [5, 5.41) is 0. The Morgan fingerprint density at radius 1 is 1.35 bits per heavy atom. The van der Waals surface area contributed by atoms with E-state index >= 15 is 0 Å². The molecule has 3 heteroatoms. The summed E-state index contributed by atoms with van der Waals surface area (Å²) in [6, 6.07) is 0. The summed E-state index contributed by atoms with van der Waals surface area (Å²) < 4.78 is -0.249. The zero-order valence-electron chi connectivity index (χ0n) is 10.9. The van der Waals surface area contributed by atoms with Crippen LogP contribution in [0.15, 0.2) is 45.6 Å². The van der Waals surface area contributed by atoms with Gasteiger partial charge < -0.3 is 0 Å². The number of thiol groups is 1. The zero-order chi connectivity index (χ0) is 13.1. The van der Waals surface area contributed by atoms with E-state index in [1.807, 2.05) is 31.2 Å². The third-order valence-electron chi connectivity index (χ3n) is 2.68. The van der Waals surface area contributed by atoms with Crippen molar-refractivity contribution in [3.05, 3.63) is 35.6 Å². The van der Waals surface area contributed by atoms with Gasteiger partial charge in [0, 0.05) is 17.4 Å². The van der Waals surface area contributed by atoms with Crippen molar-refractivity contribution >= 4 is 25.1 Å². The SMILES string of the molecule is C=N/C(=C1/C=CC(C)(S)C=CC1=NC)C(C)C. The molecule has 0 spiro atoms. The van der Waals surface area contributed by atoms with Crippen molar-refractivity contribution in [3.63, 3.8) is 0 Å². The Bertz CT molecular complexity index is 424. The number of aliphatic imine (C=N–C) groups is 2. The highest BCUT2D eigenvalue weighted by atomic mass is 32.1. The Balaban J connectivity index is 3.41. The van der Waals surface area contributed by atoms with Crippen molar-refractivity contribution in [2.75, 3.05) is 7.05 Å². The standard InChI is InChI=1S/C14H20N2S/c1-10(2)13(16-5)11-6-8-14(3,17)9-7-12(11)15-4/h6-10,17H,5H2,1-4H3/b13-11-,15-12?. The van der Waals surface area contributed by atoms with E-state index in [9.17, 15) is 0 Å². The van der Waals surface area contributed by atoms with Crippen LogP contribution in [0.5, 0.6) is 0 Å². The maximum Gasteiger partial charge on any atom is 0.0658 e. The molecule has 1 atom stereocenters. The van der Waals surface area contributed by atoms with Crippen LogP contribution in [0.4, 0.5) is 0 Å². The molecule has 0 amide bonds. The lowest BCUT2D eigenvalue weighted by atomic mass is 10.0. The lowest BCUT2D eigenvalue weighted by molar-refractivity contribution is 0.756. The van der Waals surface area contributed by atoms with Crippen LogP contribution in [-0.4, -0.2) is 24.2 Å². The van der Waals surface area contributed by atoms with Crippen molar-refractivity contribution in [1.82, 2.24) is 0 Å².